The molecule has 0 unspecified atom stereocenters. The Morgan fingerprint density at radius 3 is 2.32 bits per heavy atom. The molecule has 0 bridgehead atoms. The zero-order chi connectivity index (χ0) is 17.4. The molecule has 0 radical (unpaired) electrons. The van der Waals surface area contributed by atoms with Crippen LogP contribution in [0.2, 0.25) is 5.02 Å². The summed E-state index contributed by atoms with van der Waals surface area (Å²) in [4.78, 5) is 12.8. The lowest BCUT2D eigenvalue weighted by atomic mass is 9.93. The first-order valence-electron chi connectivity index (χ1n) is 7.71. The van der Waals surface area contributed by atoms with Gasteiger partial charge in [-0.3, -0.25) is 0 Å². The normalized spacial score (nSPS) is 11.0. The van der Waals surface area contributed by atoms with Crippen LogP contribution in [0.5, 0.6) is 0 Å². The zero-order valence-corrected chi connectivity index (χ0v) is 15.3. The van der Waals surface area contributed by atoms with Gasteiger partial charge in [-0.15, -0.1) is 0 Å². The molecule has 0 aliphatic heterocycles. The van der Waals surface area contributed by atoms with Crippen LogP contribution in [0.25, 0.3) is 33.2 Å². The van der Waals surface area contributed by atoms with Gasteiger partial charge in [-0.2, -0.15) is 0 Å². The summed E-state index contributed by atoms with van der Waals surface area (Å²) in [5, 5.41) is 1.44. The first-order chi connectivity index (χ1) is 12.1. The molecule has 0 saturated carbocycles. The average molecular weight is 412 g/mol. The van der Waals surface area contributed by atoms with Gasteiger partial charge in [-0.25, -0.2) is 4.79 Å². The predicted octanol–water partition coefficient (Wildman–Crippen LogP) is 6.54. The summed E-state index contributed by atoms with van der Waals surface area (Å²) in [6.07, 6.45) is 0. The highest BCUT2D eigenvalue weighted by Crippen LogP contribution is 2.37. The molecule has 2 nitrogen and oxygen atoms in total. The van der Waals surface area contributed by atoms with Crippen LogP contribution < -0.4 is 5.63 Å². The number of hydrogen-bond donors (Lipinski definition) is 0. The molecule has 4 aromatic rings. The quantitative estimate of drug-likeness (QED) is 0.350. The lowest BCUT2D eigenvalue weighted by Crippen LogP contribution is -2.06. The summed E-state index contributed by atoms with van der Waals surface area (Å²) >= 11 is 9.66. The molecular formula is C21H12BrClO2. The largest absolute Gasteiger partial charge is 0.422 e. The maximum atomic E-state index is 12.8. The summed E-state index contributed by atoms with van der Waals surface area (Å²) in [6.45, 7) is 0. The van der Waals surface area contributed by atoms with Gasteiger partial charge in [0.2, 0.25) is 0 Å². The number of rotatable bonds is 2. The lowest BCUT2D eigenvalue weighted by Gasteiger charge is -2.13. The Morgan fingerprint density at radius 2 is 1.56 bits per heavy atom. The number of hydrogen-bond acceptors (Lipinski definition) is 2. The van der Waals surface area contributed by atoms with Crippen molar-refractivity contribution in [2.24, 2.45) is 0 Å². The van der Waals surface area contributed by atoms with E-state index in [1.807, 2.05) is 54.6 Å². The van der Waals surface area contributed by atoms with E-state index in [-0.39, 0.29) is 5.63 Å². The third-order valence-corrected chi connectivity index (χ3v) is 4.77. The van der Waals surface area contributed by atoms with Crippen molar-refractivity contribution >= 4 is 38.5 Å². The van der Waals surface area contributed by atoms with E-state index in [9.17, 15) is 4.79 Å². The van der Waals surface area contributed by atoms with Gasteiger partial charge in [0.15, 0.2) is 0 Å². The highest BCUT2D eigenvalue weighted by atomic mass is 79.9. The maximum absolute atomic E-state index is 12.8. The molecule has 0 saturated heterocycles. The van der Waals surface area contributed by atoms with E-state index in [1.165, 1.54) is 0 Å². The van der Waals surface area contributed by atoms with Crippen molar-refractivity contribution in [1.82, 2.24) is 0 Å². The van der Waals surface area contributed by atoms with Crippen molar-refractivity contribution < 1.29 is 4.42 Å². The van der Waals surface area contributed by atoms with Crippen LogP contribution in [0.3, 0.4) is 0 Å². The van der Waals surface area contributed by atoms with Crippen molar-refractivity contribution in [2.45, 2.75) is 0 Å². The topological polar surface area (TPSA) is 30.2 Å². The highest BCUT2D eigenvalue weighted by Gasteiger charge is 2.18. The Morgan fingerprint density at radius 1 is 0.800 bits per heavy atom. The van der Waals surface area contributed by atoms with Gasteiger partial charge in [0.25, 0.3) is 0 Å². The Bertz CT molecular complexity index is 1130. The van der Waals surface area contributed by atoms with Crippen molar-refractivity contribution in [3.63, 3.8) is 0 Å². The Kier molecular flexibility index (Phi) is 4.20. The van der Waals surface area contributed by atoms with Gasteiger partial charge in [0, 0.05) is 20.4 Å². The molecule has 0 N–H and O–H groups in total. The molecule has 0 atom stereocenters. The predicted molar refractivity (Wildman–Crippen MR) is 106 cm³/mol. The molecule has 4 heteroatoms. The molecule has 0 amide bonds. The molecule has 3 aromatic carbocycles. The van der Waals surface area contributed by atoms with Crippen LogP contribution in [0.1, 0.15) is 0 Å². The number of benzene rings is 3. The standard InChI is InChI=1S/C21H12BrClO2/c22-15-9-10-18-17(12-15)19(13-5-2-1-3-6-13)20(21(24)25-18)14-7-4-8-16(23)11-14/h1-12H. The summed E-state index contributed by atoms with van der Waals surface area (Å²) in [5.74, 6) is 0. The van der Waals surface area contributed by atoms with Crippen LogP contribution >= 0.6 is 27.5 Å². The first-order valence-corrected chi connectivity index (χ1v) is 8.88. The van der Waals surface area contributed by atoms with Gasteiger partial charge in [0.05, 0.1) is 5.56 Å². The molecule has 0 spiro atoms. The highest BCUT2D eigenvalue weighted by molar-refractivity contribution is 9.10. The second kappa shape index (κ2) is 6.51. The van der Waals surface area contributed by atoms with Crippen molar-refractivity contribution in [3.05, 3.63) is 92.7 Å². The van der Waals surface area contributed by atoms with E-state index >= 15 is 0 Å². The van der Waals surface area contributed by atoms with Gasteiger partial charge in [0.1, 0.15) is 5.58 Å². The van der Waals surface area contributed by atoms with E-state index in [4.69, 9.17) is 16.0 Å². The fourth-order valence-electron chi connectivity index (χ4n) is 2.99. The van der Waals surface area contributed by atoms with Crippen LogP contribution in [-0.4, -0.2) is 0 Å². The Balaban J connectivity index is 2.18. The lowest BCUT2D eigenvalue weighted by molar-refractivity contribution is 0.564. The van der Waals surface area contributed by atoms with E-state index < -0.39 is 0 Å². The molecule has 1 aromatic heterocycles. The Hall–Kier alpha value is -2.36. The van der Waals surface area contributed by atoms with Gasteiger partial charge >= 0.3 is 5.63 Å². The average Bonchev–Trinajstić information content (AvgIpc) is 2.62. The van der Waals surface area contributed by atoms with E-state index in [0.29, 0.717) is 16.2 Å². The number of halogens is 2. The number of fused-ring (bicyclic) bond motifs is 1. The third kappa shape index (κ3) is 3.01. The van der Waals surface area contributed by atoms with Crippen molar-refractivity contribution in [2.75, 3.05) is 0 Å². The minimum atomic E-state index is -0.379. The van der Waals surface area contributed by atoms with Crippen LogP contribution in [-0.2, 0) is 0 Å². The minimum Gasteiger partial charge on any atom is -0.422 e. The second-order valence-corrected chi connectivity index (χ2v) is 7.01. The van der Waals surface area contributed by atoms with Crippen molar-refractivity contribution in [1.29, 1.82) is 0 Å². The molecule has 0 aliphatic carbocycles. The molecule has 1 heterocycles. The molecule has 4 rings (SSSR count). The summed E-state index contributed by atoms with van der Waals surface area (Å²) in [5.41, 5.74) is 3.22. The van der Waals surface area contributed by atoms with E-state index in [1.54, 1.807) is 18.2 Å². The van der Waals surface area contributed by atoms with E-state index in [0.717, 1.165) is 26.5 Å². The van der Waals surface area contributed by atoms with Crippen LogP contribution in [0.4, 0.5) is 0 Å². The smallest absolute Gasteiger partial charge is 0.344 e. The SMILES string of the molecule is O=c1oc2ccc(Br)cc2c(-c2ccccc2)c1-c1cccc(Cl)c1. The second-order valence-electron chi connectivity index (χ2n) is 5.66. The molecular weight excluding hydrogens is 400 g/mol. The monoisotopic (exact) mass is 410 g/mol. The molecule has 0 aliphatic rings. The van der Waals surface area contributed by atoms with Crippen molar-refractivity contribution in [3.8, 4) is 22.3 Å². The summed E-state index contributed by atoms with van der Waals surface area (Å²) in [6, 6.07) is 22.7. The molecule has 25 heavy (non-hydrogen) atoms. The summed E-state index contributed by atoms with van der Waals surface area (Å²) < 4.78 is 6.50. The fraction of sp³-hybridized carbons (Fsp3) is 0. The molecule has 0 fully saturated rings. The van der Waals surface area contributed by atoms with Crippen LogP contribution in [0.15, 0.2) is 86.5 Å². The zero-order valence-electron chi connectivity index (χ0n) is 13.0. The van der Waals surface area contributed by atoms with Gasteiger partial charge < -0.3 is 4.42 Å². The third-order valence-electron chi connectivity index (χ3n) is 4.04. The van der Waals surface area contributed by atoms with Gasteiger partial charge in [-0.1, -0.05) is 70.0 Å². The molecule has 122 valence electrons. The first kappa shape index (κ1) is 16.1. The summed E-state index contributed by atoms with van der Waals surface area (Å²) in [7, 11) is 0. The van der Waals surface area contributed by atoms with E-state index in [2.05, 4.69) is 15.9 Å². The maximum Gasteiger partial charge on any atom is 0.344 e. The van der Waals surface area contributed by atoms with Crippen LogP contribution in [0, 0.1) is 0 Å². The minimum absolute atomic E-state index is 0.379. The van der Waals surface area contributed by atoms with Gasteiger partial charge in [-0.05, 0) is 41.5 Å². The Labute approximate surface area is 157 Å². The fourth-order valence-corrected chi connectivity index (χ4v) is 3.54.